The topological polar surface area (TPSA) is 24.9 Å². The molecule has 1 unspecified atom stereocenters. The minimum Gasteiger partial charge on any atom is -0.377 e. The Labute approximate surface area is 123 Å². The number of halogens is 1. The van der Waals surface area contributed by atoms with Crippen LogP contribution in [0.2, 0.25) is 0 Å². The summed E-state index contributed by atoms with van der Waals surface area (Å²) in [6.45, 7) is 8.50. The lowest BCUT2D eigenvalue weighted by Gasteiger charge is -2.18. The third kappa shape index (κ3) is 3.35. The number of aromatic nitrogens is 1. The van der Waals surface area contributed by atoms with E-state index in [0.717, 1.165) is 15.9 Å². The molecule has 1 aromatic carbocycles. The van der Waals surface area contributed by atoms with Gasteiger partial charge in [0, 0.05) is 6.04 Å². The van der Waals surface area contributed by atoms with Crippen molar-refractivity contribution in [2.45, 2.75) is 33.7 Å². The molecule has 2 rings (SSSR count). The molecule has 0 bridgehead atoms. The molecule has 1 heterocycles. The van der Waals surface area contributed by atoms with E-state index in [0.29, 0.717) is 0 Å². The fraction of sp³-hybridized carbons (Fsp3) is 0.312. The van der Waals surface area contributed by atoms with Gasteiger partial charge in [-0.3, -0.25) is 0 Å². The van der Waals surface area contributed by atoms with Crippen LogP contribution in [0.25, 0.3) is 0 Å². The third-order valence-corrected chi connectivity index (χ3v) is 4.13. The molecule has 2 nitrogen and oxygen atoms in total. The van der Waals surface area contributed by atoms with Crippen LogP contribution < -0.4 is 5.32 Å². The van der Waals surface area contributed by atoms with Crippen LogP contribution in [0.5, 0.6) is 0 Å². The maximum atomic E-state index is 4.32. The summed E-state index contributed by atoms with van der Waals surface area (Å²) in [6, 6.07) is 8.94. The fourth-order valence-electron chi connectivity index (χ4n) is 2.19. The van der Waals surface area contributed by atoms with Crippen molar-refractivity contribution >= 4 is 21.6 Å². The van der Waals surface area contributed by atoms with Gasteiger partial charge in [-0.1, -0.05) is 23.8 Å². The molecule has 0 radical (unpaired) electrons. The summed E-state index contributed by atoms with van der Waals surface area (Å²) in [5.41, 5.74) is 6.12. The first-order valence-electron chi connectivity index (χ1n) is 6.43. The van der Waals surface area contributed by atoms with Crippen molar-refractivity contribution in [2.24, 2.45) is 0 Å². The average molecular weight is 319 g/mol. The van der Waals surface area contributed by atoms with Crippen molar-refractivity contribution in [2.75, 3.05) is 5.32 Å². The number of pyridine rings is 1. The van der Waals surface area contributed by atoms with Crippen LogP contribution in [-0.4, -0.2) is 4.98 Å². The first-order valence-corrected chi connectivity index (χ1v) is 7.22. The second kappa shape index (κ2) is 5.74. The van der Waals surface area contributed by atoms with E-state index in [9.17, 15) is 0 Å². The number of anilines is 1. The van der Waals surface area contributed by atoms with E-state index >= 15 is 0 Å². The molecule has 0 fully saturated rings. The zero-order chi connectivity index (χ0) is 14.0. The van der Waals surface area contributed by atoms with Crippen molar-refractivity contribution in [1.29, 1.82) is 0 Å². The Kier molecular flexibility index (Phi) is 4.25. The highest BCUT2D eigenvalue weighted by molar-refractivity contribution is 9.10. The highest BCUT2D eigenvalue weighted by Crippen LogP contribution is 2.24. The Hall–Kier alpha value is -1.35. The Morgan fingerprint density at radius 2 is 1.84 bits per heavy atom. The molecule has 1 aromatic heterocycles. The lowest BCUT2D eigenvalue weighted by Crippen LogP contribution is -2.09. The van der Waals surface area contributed by atoms with E-state index in [1.165, 1.54) is 16.7 Å². The molecule has 0 aliphatic heterocycles. The van der Waals surface area contributed by atoms with Gasteiger partial charge in [0.15, 0.2) is 0 Å². The maximum absolute atomic E-state index is 4.32. The molecule has 0 amide bonds. The van der Waals surface area contributed by atoms with E-state index in [4.69, 9.17) is 0 Å². The number of rotatable bonds is 3. The average Bonchev–Trinajstić information content (AvgIpc) is 2.36. The normalized spacial score (nSPS) is 12.3. The SMILES string of the molecule is Cc1ccc(C)c(C(C)Nc2cnc(Br)c(C)c2)c1. The van der Waals surface area contributed by atoms with Crippen LogP contribution in [-0.2, 0) is 0 Å². The monoisotopic (exact) mass is 318 g/mol. The van der Waals surface area contributed by atoms with Crippen molar-refractivity contribution in [3.8, 4) is 0 Å². The molecule has 0 saturated heterocycles. The van der Waals surface area contributed by atoms with Crippen molar-refractivity contribution in [1.82, 2.24) is 4.98 Å². The zero-order valence-electron chi connectivity index (χ0n) is 11.8. The molecule has 3 heteroatoms. The minimum absolute atomic E-state index is 0.266. The van der Waals surface area contributed by atoms with E-state index in [-0.39, 0.29) is 6.04 Å². The molecule has 0 aliphatic carbocycles. The molecular weight excluding hydrogens is 300 g/mol. The lowest BCUT2D eigenvalue weighted by atomic mass is 10.00. The Morgan fingerprint density at radius 1 is 1.11 bits per heavy atom. The number of aryl methyl sites for hydroxylation is 3. The summed E-state index contributed by atoms with van der Waals surface area (Å²) in [4.78, 5) is 4.32. The fourth-order valence-corrected chi connectivity index (χ4v) is 2.41. The number of hydrogen-bond donors (Lipinski definition) is 1. The lowest BCUT2D eigenvalue weighted by molar-refractivity contribution is 0.869. The summed E-state index contributed by atoms with van der Waals surface area (Å²) in [7, 11) is 0. The first-order chi connectivity index (χ1) is 8.97. The summed E-state index contributed by atoms with van der Waals surface area (Å²) >= 11 is 3.42. The number of benzene rings is 1. The van der Waals surface area contributed by atoms with Crippen molar-refractivity contribution < 1.29 is 0 Å². The minimum atomic E-state index is 0.266. The molecule has 0 saturated carbocycles. The summed E-state index contributed by atoms with van der Waals surface area (Å²) in [5.74, 6) is 0. The van der Waals surface area contributed by atoms with Crippen LogP contribution in [0, 0.1) is 20.8 Å². The van der Waals surface area contributed by atoms with E-state index < -0.39 is 0 Å². The van der Waals surface area contributed by atoms with Crippen molar-refractivity contribution in [3.05, 3.63) is 57.3 Å². The number of nitrogens with zero attached hydrogens (tertiary/aromatic N) is 1. The van der Waals surface area contributed by atoms with Gasteiger partial charge in [0.1, 0.15) is 4.60 Å². The predicted molar refractivity (Wildman–Crippen MR) is 84.6 cm³/mol. The molecule has 2 aromatic rings. The largest absolute Gasteiger partial charge is 0.377 e. The summed E-state index contributed by atoms with van der Waals surface area (Å²) in [5, 5.41) is 3.51. The van der Waals surface area contributed by atoms with E-state index in [1.807, 2.05) is 13.1 Å². The Bertz CT molecular complexity index is 593. The molecule has 100 valence electrons. The molecule has 1 N–H and O–H groups in total. The van der Waals surface area contributed by atoms with Crippen LogP contribution in [0.1, 0.15) is 35.2 Å². The van der Waals surface area contributed by atoms with E-state index in [1.54, 1.807) is 0 Å². The molecule has 1 atom stereocenters. The maximum Gasteiger partial charge on any atom is 0.109 e. The van der Waals surface area contributed by atoms with Crippen molar-refractivity contribution in [3.63, 3.8) is 0 Å². The molecular formula is C16H19BrN2. The van der Waals surface area contributed by atoms with Gasteiger partial charge in [-0.15, -0.1) is 0 Å². The van der Waals surface area contributed by atoms with Gasteiger partial charge >= 0.3 is 0 Å². The van der Waals surface area contributed by atoms with Crippen LogP contribution >= 0.6 is 15.9 Å². The number of hydrogen-bond acceptors (Lipinski definition) is 2. The van der Waals surface area contributed by atoms with Gasteiger partial charge in [0.25, 0.3) is 0 Å². The quantitative estimate of drug-likeness (QED) is 0.810. The third-order valence-electron chi connectivity index (χ3n) is 3.30. The number of nitrogens with one attached hydrogen (secondary N) is 1. The predicted octanol–water partition coefficient (Wildman–Crippen LogP) is 4.94. The second-order valence-corrected chi connectivity index (χ2v) is 5.81. The summed E-state index contributed by atoms with van der Waals surface area (Å²) in [6.07, 6.45) is 1.86. The second-order valence-electron chi connectivity index (χ2n) is 5.06. The molecule has 19 heavy (non-hydrogen) atoms. The van der Waals surface area contributed by atoms with Gasteiger partial charge < -0.3 is 5.32 Å². The molecule has 0 aliphatic rings. The summed E-state index contributed by atoms with van der Waals surface area (Å²) < 4.78 is 0.900. The van der Waals surface area contributed by atoms with Gasteiger partial charge in [-0.2, -0.15) is 0 Å². The highest BCUT2D eigenvalue weighted by atomic mass is 79.9. The Morgan fingerprint density at radius 3 is 2.53 bits per heavy atom. The van der Waals surface area contributed by atoms with Crippen LogP contribution in [0.15, 0.2) is 35.1 Å². The van der Waals surface area contributed by atoms with Crippen LogP contribution in [0.4, 0.5) is 5.69 Å². The smallest absolute Gasteiger partial charge is 0.109 e. The van der Waals surface area contributed by atoms with Gasteiger partial charge in [0.05, 0.1) is 11.9 Å². The highest BCUT2D eigenvalue weighted by Gasteiger charge is 2.09. The van der Waals surface area contributed by atoms with Gasteiger partial charge in [0.2, 0.25) is 0 Å². The molecule has 0 spiro atoms. The zero-order valence-corrected chi connectivity index (χ0v) is 13.4. The first kappa shape index (κ1) is 14.1. The van der Waals surface area contributed by atoms with E-state index in [2.05, 4.69) is 71.3 Å². The van der Waals surface area contributed by atoms with Gasteiger partial charge in [-0.25, -0.2) is 4.98 Å². The standard InChI is InChI=1S/C16H19BrN2/c1-10-5-6-11(2)15(7-10)13(4)19-14-8-12(3)16(17)18-9-14/h5-9,13,19H,1-4H3. The van der Waals surface area contributed by atoms with Crippen LogP contribution in [0.3, 0.4) is 0 Å². The Balaban J connectivity index is 2.22. The van der Waals surface area contributed by atoms with Gasteiger partial charge in [-0.05, 0) is 66.4 Å².